The monoisotopic (exact) mass is 446 g/mol. The lowest BCUT2D eigenvalue weighted by Gasteiger charge is -2.35. The molecular formula is C20H26N6O6. The number of hydrogen-bond donors (Lipinski definition) is 3. The van der Waals surface area contributed by atoms with Crippen molar-refractivity contribution in [3.8, 4) is 0 Å². The van der Waals surface area contributed by atoms with E-state index in [1.54, 1.807) is 0 Å². The number of ether oxygens (including phenoxy) is 2. The summed E-state index contributed by atoms with van der Waals surface area (Å²) in [7, 11) is 0. The number of amides is 1. The van der Waals surface area contributed by atoms with Crippen molar-refractivity contribution in [1.82, 2.24) is 19.7 Å². The number of primary amides is 1. The fourth-order valence-corrected chi connectivity index (χ4v) is 3.80. The van der Waals surface area contributed by atoms with Crippen LogP contribution in [0.2, 0.25) is 0 Å². The lowest BCUT2D eigenvalue weighted by molar-refractivity contribution is -0.151. The summed E-state index contributed by atoms with van der Waals surface area (Å²) in [6.45, 7) is 2.96. The van der Waals surface area contributed by atoms with Gasteiger partial charge in [-0.25, -0.2) is 9.67 Å². The second-order valence-electron chi connectivity index (χ2n) is 7.74. The lowest BCUT2D eigenvalue weighted by Crippen LogP contribution is -2.48. The van der Waals surface area contributed by atoms with Crippen molar-refractivity contribution in [2.24, 2.45) is 5.73 Å². The summed E-state index contributed by atoms with van der Waals surface area (Å²) < 4.78 is 12.0. The van der Waals surface area contributed by atoms with Crippen molar-refractivity contribution in [2.75, 3.05) is 44.2 Å². The number of nitrogens with zero attached hydrogens (tertiary/aromatic N) is 5. The third kappa shape index (κ3) is 4.88. The van der Waals surface area contributed by atoms with E-state index in [2.05, 4.69) is 27.1 Å². The number of aromatic nitrogens is 3. The highest BCUT2D eigenvalue weighted by Crippen LogP contribution is 2.29. The van der Waals surface area contributed by atoms with E-state index in [4.69, 9.17) is 15.2 Å². The number of esters is 1. The van der Waals surface area contributed by atoms with Crippen LogP contribution in [-0.2, 0) is 14.3 Å². The van der Waals surface area contributed by atoms with Gasteiger partial charge in [0.15, 0.2) is 6.23 Å². The highest BCUT2D eigenvalue weighted by Gasteiger charge is 2.45. The van der Waals surface area contributed by atoms with Gasteiger partial charge >= 0.3 is 5.97 Å². The molecule has 0 spiro atoms. The molecule has 0 aliphatic carbocycles. The van der Waals surface area contributed by atoms with Gasteiger partial charge in [-0.3, -0.25) is 14.5 Å². The van der Waals surface area contributed by atoms with E-state index in [9.17, 15) is 19.8 Å². The molecule has 32 heavy (non-hydrogen) atoms. The van der Waals surface area contributed by atoms with Gasteiger partial charge in [0.1, 0.15) is 31.2 Å². The van der Waals surface area contributed by atoms with Crippen LogP contribution in [0.3, 0.4) is 0 Å². The molecule has 4 atom stereocenters. The van der Waals surface area contributed by atoms with Gasteiger partial charge in [0.2, 0.25) is 5.82 Å². The van der Waals surface area contributed by atoms with E-state index in [1.165, 1.54) is 6.33 Å². The number of nitrogens with two attached hydrogens (primary N) is 1. The SMILES string of the molecule is NC(=O)c1ncn([C@@H]2OC(COC(=O)CN3CCN(c4ccccc4)CC3)C(O)C2O)n1. The van der Waals surface area contributed by atoms with Gasteiger partial charge in [0.25, 0.3) is 5.91 Å². The number of aliphatic hydroxyl groups is 2. The summed E-state index contributed by atoms with van der Waals surface area (Å²) in [5, 5.41) is 24.3. The van der Waals surface area contributed by atoms with Crippen molar-refractivity contribution in [3.05, 3.63) is 42.5 Å². The van der Waals surface area contributed by atoms with E-state index in [-0.39, 0.29) is 19.0 Å². The first-order chi connectivity index (χ1) is 15.4. The number of anilines is 1. The van der Waals surface area contributed by atoms with Crippen LogP contribution in [0.1, 0.15) is 16.8 Å². The van der Waals surface area contributed by atoms with E-state index in [1.807, 2.05) is 23.1 Å². The zero-order chi connectivity index (χ0) is 22.7. The normalized spacial score (nSPS) is 26.2. The van der Waals surface area contributed by atoms with Gasteiger partial charge in [-0.1, -0.05) is 18.2 Å². The summed E-state index contributed by atoms with van der Waals surface area (Å²) in [6, 6.07) is 10.1. The molecule has 2 aliphatic heterocycles. The zero-order valence-corrected chi connectivity index (χ0v) is 17.4. The molecule has 2 saturated heterocycles. The van der Waals surface area contributed by atoms with E-state index in [0.29, 0.717) is 0 Å². The first kappa shape index (κ1) is 22.1. The van der Waals surface area contributed by atoms with Crippen LogP contribution in [0.25, 0.3) is 0 Å². The minimum atomic E-state index is -1.34. The summed E-state index contributed by atoms with van der Waals surface area (Å²) in [5.41, 5.74) is 6.27. The molecule has 2 aliphatic rings. The summed E-state index contributed by atoms with van der Waals surface area (Å²) in [4.78, 5) is 31.4. The maximum atomic E-state index is 12.3. The van der Waals surface area contributed by atoms with Gasteiger partial charge in [-0.2, -0.15) is 0 Å². The number of aliphatic hydroxyl groups excluding tert-OH is 2. The molecule has 12 nitrogen and oxygen atoms in total. The molecule has 4 rings (SSSR count). The first-order valence-electron chi connectivity index (χ1n) is 10.3. The van der Waals surface area contributed by atoms with Gasteiger partial charge in [-0.15, -0.1) is 5.10 Å². The minimum absolute atomic E-state index is 0.127. The van der Waals surface area contributed by atoms with Gasteiger partial charge in [0, 0.05) is 31.9 Å². The molecule has 2 fully saturated rings. The summed E-state index contributed by atoms with van der Waals surface area (Å²) >= 11 is 0. The van der Waals surface area contributed by atoms with Crippen molar-refractivity contribution in [3.63, 3.8) is 0 Å². The van der Waals surface area contributed by atoms with Crippen molar-refractivity contribution in [1.29, 1.82) is 0 Å². The number of benzene rings is 1. The van der Waals surface area contributed by atoms with Crippen molar-refractivity contribution < 1.29 is 29.3 Å². The Labute approximate surface area is 184 Å². The van der Waals surface area contributed by atoms with Crippen LogP contribution in [0.4, 0.5) is 5.69 Å². The lowest BCUT2D eigenvalue weighted by atomic mass is 10.1. The first-order valence-corrected chi connectivity index (χ1v) is 10.3. The summed E-state index contributed by atoms with van der Waals surface area (Å²) in [6.07, 6.45) is -3.50. The molecule has 4 N–H and O–H groups in total. The molecule has 172 valence electrons. The second-order valence-corrected chi connectivity index (χ2v) is 7.74. The highest BCUT2D eigenvalue weighted by molar-refractivity contribution is 5.88. The third-order valence-electron chi connectivity index (χ3n) is 5.58. The molecule has 3 heterocycles. The average Bonchev–Trinajstić information content (AvgIpc) is 3.39. The molecular weight excluding hydrogens is 420 g/mol. The Kier molecular flexibility index (Phi) is 6.65. The molecule has 0 saturated carbocycles. The second kappa shape index (κ2) is 9.61. The number of carbonyl (C=O) groups is 2. The standard InChI is InChI=1S/C20H26N6O6/c21-18(30)19-22-12-26(23-19)20-17(29)16(28)14(32-20)11-31-15(27)10-24-6-8-25(9-7-24)13-4-2-1-3-5-13/h1-5,12,14,16-17,20,28-29H,6-11H2,(H2,21,30)/t14?,16?,17?,20-/m1/s1. The maximum absolute atomic E-state index is 12.3. The average molecular weight is 446 g/mol. The molecule has 0 radical (unpaired) electrons. The van der Waals surface area contributed by atoms with E-state index >= 15 is 0 Å². The van der Waals surface area contributed by atoms with E-state index in [0.717, 1.165) is 36.5 Å². The van der Waals surface area contributed by atoms with E-state index < -0.39 is 36.4 Å². The van der Waals surface area contributed by atoms with Crippen molar-refractivity contribution in [2.45, 2.75) is 24.5 Å². The maximum Gasteiger partial charge on any atom is 0.320 e. The van der Waals surface area contributed by atoms with Crippen LogP contribution < -0.4 is 10.6 Å². The van der Waals surface area contributed by atoms with Crippen LogP contribution in [0, 0.1) is 0 Å². The summed E-state index contributed by atoms with van der Waals surface area (Å²) in [5.74, 6) is -1.51. The van der Waals surface area contributed by atoms with Crippen LogP contribution in [-0.4, -0.2) is 99.4 Å². The third-order valence-corrected chi connectivity index (χ3v) is 5.58. The Morgan fingerprint density at radius 1 is 1.12 bits per heavy atom. The van der Waals surface area contributed by atoms with Gasteiger partial charge in [0.05, 0.1) is 6.54 Å². The number of hydrogen-bond acceptors (Lipinski definition) is 10. The largest absolute Gasteiger partial charge is 0.462 e. The Morgan fingerprint density at radius 3 is 2.50 bits per heavy atom. The van der Waals surface area contributed by atoms with Crippen molar-refractivity contribution >= 4 is 17.6 Å². The molecule has 2 aromatic rings. The smallest absolute Gasteiger partial charge is 0.320 e. The molecule has 12 heteroatoms. The van der Waals surface area contributed by atoms with Crippen LogP contribution in [0.5, 0.6) is 0 Å². The Hall–Kier alpha value is -3.06. The fraction of sp³-hybridized carbons (Fsp3) is 0.500. The number of para-hydroxylation sites is 1. The number of carbonyl (C=O) groups excluding carboxylic acids is 2. The Balaban J connectivity index is 1.23. The molecule has 0 bridgehead atoms. The fourth-order valence-electron chi connectivity index (χ4n) is 3.80. The molecule has 1 aromatic heterocycles. The Morgan fingerprint density at radius 2 is 1.84 bits per heavy atom. The van der Waals surface area contributed by atoms with Gasteiger partial charge in [-0.05, 0) is 12.1 Å². The minimum Gasteiger partial charge on any atom is -0.462 e. The predicted octanol–water partition coefficient (Wildman–Crippen LogP) is -1.64. The van der Waals surface area contributed by atoms with Crippen LogP contribution in [0.15, 0.2) is 36.7 Å². The number of piperazine rings is 1. The molecule has 1 amide bonds. The predicted molar refractivity (Wildman–Crippen MR) is 111 cm³/mol. The molecule has 1 aromatic carbocycles. The molecule has 3 unspecified atom stereocenters. The van der Waals surface area contributed by atoms with Gasteiger partial charge < -0.3 is 30.3 Å². The number of rotatable bonds is 7. The Bertz CT molecular complexity index is 932. The zero-order valence-electron chi connectivity index (χ0n) is 17.4. The quantitative estimate of drug-likeness (QED) is 0.422. The van der Waals surface area contributed by atoms with Crippen LogP contribution >= 0.6 is 0 Å². The highest BCUT2D eigenvalue weighted by atomic mass is 16.6. The topological polar surface area (TPSA) is 156 Å².